The van der Waals surface area contributed by atoms with E-state index in [0.29, 0.717) is 0 Å². The minimum Gasteiger partial charge on any atom is -0.538 e. The van der Waals surface area contributed by atoms with Gasteiger partial charge in [0.15, 0.2) is 11.9 Å². The molecule has 0 saturated heterocycles. The van der Waals surface area contributed by atoms with E-state index < -0.39 is 51.8 Å². The van der Waals surface area contributed by atoms with Crippen LogP contribution >= 0.6 is 0 Å². The molecule has 0 N–H and O–H groups in total. The van der Waals surface area contributed by atoms with Crippen molar-refractivity contribution in [3.63, 3.8) is 0 Å². The van der Waals surface area contributed by atoms with Crippen molar-refractivity contribution in [2.24, 2.45) is 0 Å². The van der Waals surface area contributed by atoms with Gasteiger partial charge in [0.05, 0.1) is 20.3 Å². The Hall–Kier alpha value is -3.91. The van der Waals surface area contributed by atoms with Gasteiger partial charge in [-0.15, -0.1) is 0 Å². The molecule has 0 amide bonds. The van der Waals surface area contributed by atoms with Crippen molar-refractivity contribution in [3.8, 4) is 23.3 Å². The molecule has 0 fully saturated rings. The van der Waals surface area contributed by atoms with Crippen molar-refractivity contribution >= 4 is 29.9 Å². The highest BCUT2D eigenvalue weighted by molar-refractivity contribution is 7.91. The van der Waals surface area contributed by atoms with Gasteiger partial charge in [-0.05, 0) is 33.6 Å². The maximum atomic E-state index is 13.3. The van der Waals surface area contributed by atoms with Gasteiger partial charge < -0.3 is 19.3 Å². The number of aromatic nitrogens is 4. The molecule has 0 aliphatic rings. The lowest BCUT2D eigenvalue weighted by Crippen LogP contribution is -2.43. The summed E-state index contributed by atoms with van der Waals surface area (Å²) in [6, 6.07) is 9.83. The Morgan fingerprint density at radius 2 is 0.907 bits per heavy atom. The molecule has 0 unspecified atom stereocenters. The van der Waals surface area contributed by atoms with Gasteiger partial charge in [-0.2, -0.15) is 8.61 Å². The maximum Gasteiger partial charge on any atom is 0.368 e. The average molecular weight is 657 g/mol. The topological polar surface area (TPSA) is 215 Å². The summed E-state index contributed by atoms with van der Waals surface area (Å²) in [4.78, 5) is -0.353. The van der Waals surface area contributed by atoms with E-state index >= 15 is 0 Å². The Balaban J connectivity index is 1.67. The summed E-state index contributed by atoms with van der Waals surface area (Å²) >= 11 is 0. The highest BCUT2D eigenvalue weighted by Gasteiger charge is 2.38. The normalized spacial score (nSPS) is 12.8. The number of nitrogens with zero attached hydrogens (tertiary/aromatic N) is 6. The minimum absolute atomic E-state index is 0.0590. The van der Waals surface area contributed by atoms with Gasteiger partial charge in [-0.25, -0.2) is 25.3 Å². The van der Waals surface area contributed by atoms with Gasteiger partial charge in [-0.1, -0.05) is 27.7 Å². The molecule has 4 rings (SSSR count). The van der Waals surface area contributed by atoms with Gasteiger partial charge in [0, 0.05) is 50.4 Å². The standard InChI is InChI=1S/C24H28N6O10S3/c1-5-27(6-2)42(35,36)21-23(31)39-25-29(21)17-9-13-19(14-10-17)41(33,34)20-15-11-18(12-16-20)30-22(24(32)40-26-30)43(37,38)28(7-3)8-4/h9-16H,5-8H2,1-4H3. The first-order chi connectivity index (χ1) is 20.2. The van der Waals surface area contributed by atoms with Crippen molar-refractivity contribution < 1.29 is 53.9 Å². The predicted molar refractivity (Wildman–Crippen MR) is 141 cm³/mol. The van der Waals surface area contributed by atoms with Gasteiger partial charge >= 0.3 is 30.1 Å². The lowest BCUT2D eigenvalue weighted by Gasteiger charge is -2.15. The molecule has 19 heteroatoms. The maximum absolute atomic E-state index is 13.3. The van der Waals surface area contributed by atoms with Crippen molar-refractivity contribution in [2.45, 2.75) is 47.5 Å². The molecular formula is C24H28N6O10S3. The first-order valence-corrected chi connectivity index (χ1v) is 17.3. The third kappa shape index (κ3) is 5.60. The van der Waals surface area contributed by atoms with E-state index in [1.54, 1.807) is 27.7 Å². The zero-order valence-corrected chi connectivity index (χ0v) is 25.9. The van der Waals surface area contributed by atoms with Crippen molar-refractivity contribution in [1.29, 1.82) is 0 Å². The zero-order chi connectivity index (χ0) is 31.7. The molecule has 0 saturated carbocycles. The molecule has 2 aromatic heterocycles. The lowest BCUT2D eigenvalue weighted by molar-refractivity contribution is -0.706. The number of sulfone groups is 1. The van der Waals surface area contributed by atoms with Crippen LogP contribution in [0.4, 0.5) is 0 Å². The average Bonchev–Trinajstić information content (AvgIpc) is 3.57. The number of benzene rings is 2. The van der Waals surface area contributed by atoms with Crippen LogP contribution in [0.1, 0.15) is 27.7 Å². The molecule has 16 nitrogen and oxygen atoms in total. The molecule has 0 radical (unpaired) electrons. The fourth-order valence-corrected chi connectivity index (χ4v) is 8.60. The molecule has 0 bridgehead atoms. The Labute approximate surface area is 248 Å². The van der Waals surface area contributed by atoms with Crippen LogP contribution in [0.5, 0.6) is 11.9 Å². The van der Waals surface area contributed by atoms with Crippen LogP contribution in [-0.4, -0.2) is 70.6 Å². The second-order valence-corrected chi connectivity index (χ2v) is 14.5. The van der Waals surface area contributed by atoms with E-state index in [1.807, 2.05) is 0 Å². The van der Waals surface area contributed by atoms with Crippen LogP contribution in [0.25, 0.3) is 11.4 Å². The van der Waals surface area contributed by atoms with E-state index in [-0.39, 0.29) is 47.3 Å². The van der Waals surface area contributed by atoms with Gasteiger partial charge in [0.25, 0.3) is 0 Å². The zero-order valence-electron chi connectivity index (χ0n) is 23.4. The van der Waals surface area contributed by atoms with Gasteiger partial charge in [0.2, 0.25) is 21.2 Å². The number of hydrogen-bond donors (Lipinski definition) is 0. The first-order valence-electron chi connectivity index (χ1n) is 12.9. The highest BCUT2D eigenvalue weighted by Crippen LogP contribution is 2.25. The largest absolute Gasteiger partial charge is 0.538 e. The number of rotatable bonds is 12. The van der Waals surface area contributed by atoms with Crippen molar-refractivity contribution in [2.75, 3.05) is 26.2 Å². The minimum atomic E-state index is -4.26. The monoisotopic (exact) mass is 656 g/mol. The smallest absolute Gasteiger partial charge is 0.368 e. The summed E-state index contributed by atoms with van der Waals surface area (Å²) in [5.74, 6) is -2.35. The molecule has 0 aliphatic heterocycles. The summed E-state index contributed by atoms with van der Waals surface area (Å²) in [5.41, 5.74) is 0.118. The van der Waals surface area contributed by atoms with Crippen LogP contribution in [-0.2, 0) is 29.9 Å². The molecule has 2 aromatic carbocycles. The lowest BCUT2D eigenvalue weighted by atomic mass is 10.3. The second kappa shape index (κ2) is 12.0. The Morgan fingerprint density at radius 3 is 1.19 bits per heavy atom. The third-order valence-corrected chi connectivity index (χ3v) is 12.3. The van der Waals surface area contributed by atoms with Crippen LogP contribution in [0, 0.1) is 0 Å². The van der Waals surface area contributed by atoms with E-state index in [2.05, 4.69) is 19.6 Å². The second-order valence-electron chi connectivity index (χ2n) is 8.82. The van der Waals surface area contributed by atoms with Gasteiger partial charge in [0.1, 0.15) is 0 Å². The molecule has 2 heterocycles. The molecule has 43 heavy (non-hydrogen) atoms. The van der Waals surface area contributed by atoms with Crippen LogP contribution < -0.4 is 19.6 Å². The van der Waals surface area contributed by atoms with E-state index in [0.717, 1.165) is 18.0 Å². The SMILES string of the molecule is CCN(CC)S(=O)(=O)c1c([O-])on[n+]1-c1ccc(S(=O)(=O)c2ccc(-[n+]3noc([O-])c3S(=O)(=O)N(CC)CC)cc2)cc1. The van der Waals surface area contributed by atoms with E-state index in [4.69, 9.17) is 0 Å². The van der Waals surface area contributed by atoms with Crippen LogP contribution in [0.2, 0.25) is 0 Å². The van der Waals surface area contributed by atoms with E-state index in [9.17, 15) is 35.5 Å². The predicted octanol–water partition coefficient (Wildman–Crippen LogP) is -0.743. The third-order valence-electron chi connectivity index (χ3n) is 6.51. The summed E-state index contributed by atoms with van der Waals surface area (Å²) in [6.07, 6.45) is 0. The molecule has 232 valence electrons. The molecule has 0 atom stereocenters. The summed E-state index contributed by atoms with van der Waals surface area (Å²) in [6.45, 7) is 6.81. The Kier molecular flexibility index (Phi) is 8.93. The molecular weight excluding hydrogens is 628 g/mol. The molecule has 0 spiro atoms. The fourth-order valence-electron chi connectivity index (χ4n) is 4.28. The highest BCUT2D eigenvalue weighted by atomic mass is 32.2. The number of sulfonamides is 2. The Bertz CT molecular complexity index is 1790. The summed E-state index contributed by atoms with van der Waals surface area (Å²) in [7, 11) is -12.6. The van der Waals surface area contributed by atoms with E-state index in [1.165, 1.54) is 48.5 Å². The summed E-state index contributed by atoms with van der Waals surface area (Å²) < 4.78 is 91.5. The van der Waals surface area contributed by atoms with Crippen LogP contribution in [0.15, 0.2) is 77.4 Å². The molecule has 4 aromatic rings. The fraction of sp³-hybridized carbons (Fsp3) is 0.333. The van der Waals surface area contributed by atoms with Crippen LogP contribution in [0.3, 0.4) is 0 Å². The molecule has 0 aliphatic carbocycles. The Morgan fingerprint density at radius 1 is 0.605 bits per heavy atom. The summed E-state index contributed by atoms with van der Waals surface area (Å²) in [5, 5.41) is 30.1. The quantitative estimate of drug-likeness (QED) is 0.172. The number of hydrogen-bond acceptors (Lipinski definition) is 12. The first kappa shape index (κ1) is 32.0. The van der Waals surface area contributed by atoms with Gasteiger partial charge in [-0.3, -0.25) is 0 Å². The van der Waals surface area contributed by atoms with Crippen molar-refractivity contribution in [3.05, 3.63) is 48.5 Å². The van der Waals surface area contributed by atoms with Crippen molar-refractivity contribution in [1.82, 2.24) is 19.2 Å².